The van der Waals surface area contributed by atoms with Crippen molar-refractivity contribution in [2.75, 3.05) is 7.11 Å². The number of rotatable bonds is 8. The van der Waals surface area contributed by atoms with Gasteiger partial charge >= 0.3 is 0 Å². The number of hydrogen-bond acceptors (Lipinski definition) is 4. The lowest BCUT2D eigenvalue weighted by Crippen LogP contribution is -2.32. The number of benzene rings is 1. The van der Waals surface area contributed by atoms with Crippen LogP contribution >= 0.6 is 0 Å². The Bertz CT molecular complexity index is 733. The molecule has 0 saturated heterocycles. The molecule has 0 radical (unpaired) electrons. The van der Waals surface area contributed by atoms with Crippen LogP contribution in [0.1, 0.15) is 57.6 Å². The largest absolute Gasteiger partial charge is 0.497 e. The predicted molar refractivity (Wildman–Crippen MR) is 105 cm³/mol. The van der Waals surface area contributed by atoms with Crippen LogP contribution in [0, 0.1) is 11.8 Å². The summed E-state index contributed by atoms with van der Waals surface area (Å²) in [4.78, 5) is 12.5. The van der Waals surface area contributed by atoms with Gasteiger partial charge in [-0.25, -0.2) is 0 Å². The van der Waals surface area contributed by atoms with Gasteiger partial charge in [-0.15, -0.1) is 0 Å². The molecule has 5 nitrogen and oxygen atoms in total. The summed E-state index contributed by atoms with van der Waals surface area (Å²) < 4.78 is 10.7. The van der Waals surface area contributed by atoms with Crippen LogP contribution in [0.4, 0.5) is 0 Å². The minimum Gasteiger partial charge on any atom is -0.497 e. The van der Waals surface area contributed by atoms with E-state index in [1.807, 2.05) is 30.3 Å². The summed E-state index contributed by atoms with van der Waals surface area (Å²) >= 11 is 0. The number of unbranched alkanes of at least 4 members (excludes halogenated alkanes) is 1. The maximum atomic E-state index is 12.5. The van der Waals surface area contributed by atoms with E-state index in [1.165, 1.54) is 32.1 Å². The summed E-state index contributed by atoms with van der Waals surface area (Å²) in [5.41, 5.74) is 1.64. The van der Waals surface area contributed by atoms with Gasteiger partial charge in [-0.1, -0.05) is 43.5 Å². The zero-order valence-corrected chi connectivity index (χ0v) is 16.4. The molecule has 0 bridgehead atoms. The minimum absolute atomic E-state index is 0.146. The molecular formula is C22H30N2O3. The van der Waals surface area contributed by atoms with Gasteiger partial charge in [-0.3, -0.25) is 4.79 Å². The van der Waals surface area contributed by atoms with E-state index in [2.05, 4.69) is 17.4 Å². The van der Waals surface area contributed by atoms with E-state index in [4.69, 9.17) is 9.26 Å². The zero-order chi connectivity index (χ0) is 19.1. The highest BCUT2D eigenvalue weighted by Crippen LogP contribution is 2.32. The summed E-state index contributed by atoms with van der Waals surface area (Å²) in [6.45, 7) is 2.64. The number of methoxy groups -OCH3 is 1. The zero-order valence-electron chi connectivity index (χ0n) is 16.4. The first-order valence-corrected chi connectivity index (χ1v) is 10.1. The van der Waals surface area contributed by atoms with E-state index < -0.39 is 0 Å². The summed E-state index contributed by atoms with van der Waals surface area (Å²) in [6, 6.07) is 9.52. The molecule has 0 aliphatic heterocycles. The molecule has 27 heavy (non-hydrogen) atoms. The molecule has 2 aromatic rings. The third kappa shape index (κ3) is 5.34. The Balaban J connectivity index is 1.48. The van der Waals surface area contributed by atoms with Crippen molar-refractivity contribution in [3.8, 4) is 17.1 Å². The van der Waals surface area contributed by atoms with Crippen LogP contribution in [0.5, 0.6) is 5.75 Å². The Morgan fingerprint density at radius 1 is 1.26 bits per heavy atom. The fraction of sp³-hybridized carbons (Fsp3) is 0.545. The second kappa shape index (κ2) is 9.58. The molecule has 1 N–H and O–H groups in total. The van der Waals surface area contributed by atoms with Crippen molar-refractivity contribution in [2.45, 2.75) is 58.4 Å². The van der Waals surface area contributed by atoms with Crippen LogP contribution in [0.3, 0.4) is 0 Å². The minimum atomic E-state index is 0.146. The molecule has 1 aliphatic rings. The average molecular weight is 370 g/mol. The number of amides is 1. The van der Waals surface area contributed by atoms with E-state index in [0.29, 0.717) is 12.3 Å². The van der Waals surface area contributed by atoms with Gasteiger partial charge < -0.3 is 14.6 Å². The van der Waals surface area contributed by atoms with Crippen molar-refractivity contribution in [2.24, 2.45) is 11.8 Å². The van der Waals surface area contributed by atoms with Crippen LogP contribution in [0.15, 0.2) is 34.9 Å². The van der Waals surface area contributed by atoms with Crippen LogP contribution in [-0.4, -0.2) is 18.2 Å². The molecule has 1 aromatic heterocycles. The first kappa shape index (κ1) is 19.5. The molecule has 1 heterocycles. The molecule has 1 aromatic carbocycles. The summed E-state index contributed by atoms with van der Waals surface area (Å²) in [5.74, 6) is 2.56. The average Bonchev–Trinajstić information content (AvgIpc) is 3.20. The lowest BCUT2D eigenvalue weighted by Gasteiger charge is -2.27. The van der Waals surface area contributed by atoms with Crippen LogP contribution < -0.4 is 10.1 Å². The van der Waals surface area contributed by atoms with Gasteiger partial charge in [0.25, 0.3) is 0 Å². The third-order valence-electron chi connectivity index (χ3n) is 5.54. The van der Waals surface area contributed by atoms with Gasteiger partial charge in [0.2, 0.25) is 5.91 Å². The second-order valence-corrected chi connectivity index (χ2v) is 7.49. The van der Waals surface area contributed by atoms with Crippen molar-refractivity contribution in [1.29, 1.82) is 0 Å². The predicted octanol–water partition coefficient (Wildman–Crippen LogP) is 4.96. The Morgan fingerprint density at radius 3 is 2.81 bits per heavy atom. The maximum Gasteiger partial charge on any atom is 0.223 e. The molecule has 1 saturated carbocycles. The number of nitrogens with one attached hydrogen (secondary N) is 1. The van der Waals surface area contributed by atoms with E-state index >= 15 is 0 Å². The van der Waals surface area contributed by atoms with Gasteiger partial charge in [0.05, 0.1) is 13.7 Å². The van der Waals surface area contributed by atoms with Crippen molar-refractivity contribution >= 4 is 5.91 Å². The van der Waals surface area contributed by atoms with Gasteiger partial charge in [0.15, 0.2) is 5.76 Å². The third-order valence-corrected chi connectivity index (χ3v) is 5.54. The quantitative estimate of drug-likeness (QED) is 0.713. The van der Waals surface area contributed by atoms with E-state index in [9.17, 15) is 4.79 Å². The number of carbonyl (C=O) groups excluding carboxylic acids is 1. The Hall–Kier alpha value is -2.30. The van der Waals surface area contributed by atoms with E-state index in [-0.39, 0.29) is 11.8 Å². The number of ether oxygens (including phenoxy) is 1. The molecule has 146 valence electrons. The fourth-order valence-corrected chi connectivity index (χ4v) is 3.84. The first-order valence-electron chi connectivity index (χ1n) is 10.1. The van der Waals surface area contributed by atoms with Gasteiger partial charge in [-0.05, 0) is 43.7 Å². The van der Waals surface area contributed by atoms with Crippen LogP contribution in [0.25, 0.3) is 11.3 Å². The second-order valence-electron chi connectivity index (χ2n) is 7.49. The van der Waals surface area contributed by atoms with Crippen molar-refractivity contribution in [3.63, 3.8) is 0 Å². The number of nitrogens with zero attached hydrogens (tertiary/aromatic N) is 1. The number of hydrogen-bond donors (Lipinski definition) is 1. The molecule has 1 aliphatic carbocycles. The Labute approximate surface area is 161 Å². The van der Waals surface area contributed by atoms with Gasteiger partial charge in [0.1, 0.15) is 11.4 Å². The maximum absolute atomic E-state index is 12.5. The molecule has 1 amide bonds. The monoisotopic (exact) mass is 370 g/mol. The molecule has 3 rings (SSSR count). The molecule has 5 heteroatoms. The molecule has 0 atom stereocenters. The highest BCUT2D eigenvalue weighted by Gasteiger charge is 2.25. The first-order chi connectivity index (χ1) is 13.2. The Morgan fingerprint density at radius 2 is 2.07 bits per heavy atom. The summed E-state index contributed by atoms with van der Waals surface area (Å²) in [7, 11) is 1.64. The fourth-order valence-electron chi connectivity index (χ4n) is 3.84. The molecule has 0 unspecified atom stereocenters. The van der Waals surface area contributed by atoms with Gasteiger partial charge in [-0.2, -0.15) is 0 Å². The SMILES string of the molecule is CCCCC1CCC(C(=O)NCc2cc(-c3cccc(OC)c3)on2)CC1. The summed E-state index contributed by atoms with van der Waals surface area (Å²) in [6.07, 6.45) is 8.27. The van der Waals surface area contributed by atoms with Crippen LogP contribution in [-0.2, 0) is 11.3 Å². The Kier molecular flexibility index (Phi) is 6.91. The van der Waals surface area contributed by atoms with Crippen molar-refractivity contribution in [3.05, 3.63) is 36.0 Å². The smallest absolute Gasteiger partial charge is 0.223 e. The van der Waals surface area contributed by atoms with E-state index in [1.54, 1.807) is 7.11 Å². The van der Waals surface area contributed by atoms with Crippen LogP contribution in [0.2, 0.25) is 0 Å². The van der Waals surface area contributed by atoms with Gasteiger partial charge in [0, 0.05) is 17.5 Å². The number of aromatic nitrogens is 1. The van der Waals surface area contributed by atoms with Crippen molar-refractivity contribution < 1.29 is 14.1 Å². The standard InChI is InChI=1S/C22H30N2O3/c1-3-4-6-16-9-11-17(12-10-16)22(25)23-15-19-14-21(27-24-19)18-7-5-8-20(13-18)26-2/h5,7-8,13-14,16-17H,3-4,6,9-12,15H2,1-2H3,(H,23,25). The number of carbonyl (C=O) groups is 1. The van der Waals surface area contributed by atoms with E-state index in [0.717, 1.165) is 35.8 Å². The molecule has 0 spiro atoms. The van der Waals surface area contributed by atoms with Crippen molar-refractivity contribution in [1.82, 2.24) is 10.5 Å². The lowest BCUT2D eigenvalue weighted by molar-refractivity contribution is -0.126. The highest BCUT2D eigenvalue weighted by atomic mass is 16.5. The molecular weight excluding hydrogens is 340 g/mol. The lowest BCUT2D eigenvalue weighted by atomic mass is 9.79. The topological polar surface area (TPSA) is 64.4 Å². The normalized spacial score (nSPS) is 19.6. The highest BCUT2D eigenvalue weighted by molar-refractivity contribution is 5.78. The summed E-state index contributed by atoms with van der Waals surface area (Å²) in [5, 5.41) is 7.11. The molecule has 1 fully saturated rings.